The summed E-state index contributed by atoms with van der Waals surface area (Å²) in [7, 11) is 0. The number of nitrogens with zero attached hydrogens (tertiary/aromatic N) is 2. The Kier molecular flexibility index (Phi) is 5.16. The number of hydrogen-bond donors (Lipinski definition) is 1. The number of carbonyl (C=O) groups is 1. The van der Waals surface area contributed by atoms with Crippen LogP contribution in [-0.2, 0) is 4.79 Å². The first-order chi connectivity index (χ1) is 9.11. The van der Waals surface area contributed by atoms with E-state index in [2.05, 4.69) is 4.90 Å². The fraction of sp³-hybridized carbons (Fsp3) is 0.857. The molecule has 0 aromatic rings. The van der Waals surface area contributed by atoms with E-state index in [0.29, 0.717) is 4.99 Å². The fourth-order valence-corrected chi connectivity index (χ4v) is 3.51. The maximum Gasteiger partial charge on any atom is 0.239 e. The van der Waals surface area contributed by atoms with E-state index in [-0.39, 0.29) is 18.0 Å². The first-order valence-electron chi connectivity index (χ1n) is 7.45. The number of hydrogen-bond acceptors (Lipinski definition) is 3. The molecule has 19 heavy (non-hydrogen) atoms. The van der Waals surface area contributed by atoms with Gasteiger partial charge in [0.05, 0.1) is 17.1 Å². The first kappa shape index (κ1) is 14.7. The zero-order valence-electron chi connectivity index (χ0n) is 11.8. The van der Waals surface area contributed by atoms with Gasteiger partial charge in [0.2, 0.25) is 5.91 Å². The van der Waals surface area contributed by atoms with Crippen molar-refractivity contribution in [2.24, 2.45) is 5.73 Å². The average Bonchev–Trinajstić information content (AvgIpc) is 2.73. The van der Waals surface area contributed by atoms with E-state index >= 15 is 0 Å². The minimum Gasteiger partial charge on any atom is -0.392 e. The van der Waals surface area contributed by atoms with E-state index in [4.69, 9.17) is 18.0 Å². The molecule has 0 aromatic carbocycles. The van der Waals surface area contributed by atoms with Crippen LogP contribution in [0.1, 0.15) is 45.4 Å². The Morgan fingerprint density at radius 1 is 1.16 bits per heavy atom. The molecule has 2 heterocycles. The van der Waals surface area contributed by atoms with Gasteiger partial charge in [0.25, 0.3) is 0 Å². The third kappa shape index (κ3) is 3.45. The number of thiocarbonyl (C=S) groups is 1. The minimum absolute atomic E-state index is 0.0906. The molecule has 2 saturated heterocycles. The summed E-state index contributed by atoms with van der Waals surface area (Å²) < 4.78 is 0. The lowest BCUT2D eigenvalue weighted by Gasteiger charge is -2.33. The summed E-state index contributed by atoms with van der Waals surface area (Å²) in [5, 5.41) is 0. The van der Waals surface area contributed by atoms with Crippen molar-refractivity contribution >= 4 is 23.1 Å². The monoisotopic (exact) mass is 283 g/mol. The summed E-state index contributed by atoms with van der Waals surface area (Å²) in [6, 6.07) is 0.0213. The molecular weight excluding hydrogens is 258 g/mol. The third-order valence-corrected chi connectivity index (χ3v) is 4.67. The van der Waals surface area contributed by atoms with Crippen molar-refractivity contribution in [1.82, 2.24) is 9.80 Å². The van der Waals surface area contributed by atoms with Crippen molar-refractivity contribution in [2.75, 3.05) is 19.6 Å². The van der Waals surface area contributed by atoms with Gasteiger partial charge in [-0.05, 0) is 39.2 Å². The van der Waals surface area contributed by atoms with Crippen LogP contribution >= 0.6 is 12.2 Å². The van der Waals surface area contributed by atoms with Gasteiger partial charge in [0.1, 0.15) is 0 Å². The summed E-state index contributed by atoms with van der Waals surface area (Å²) >= 11 is 5.13. The SMILES string of the molecule is CC(C(=O)N1CCCCCC1)N1CCCC1C(N)=S. The molecule has 0 radical (unpaired) electrons. The molecule has 2 aliphatic heterocycles. The lowest BCUT2D eigenvalue weighted by molar-refractivity contribution is -0.136. The fourth-order valence-electron chi connectivity index (χ4n) is 3.26. The molecule has 2 aliphatic rings. The summed E-state index contributed by atoms with van der Waals surface area (Å²) in [6.07, 6.45) is 6.84. The Labute approximate surface area is 121 Å². The van der Waals surface area contributed by atoms with Gasteiger partial charge in [0.15, 0.2) is 0 Å². The molecule has 5 heteroatoms. The lowest BCUT2D eigenvalue weighted by atomic mass is 10.1. The second kappa shape index (κ2) is 6.66. The van der Waals surface area contributed by atoms with Gasteiger partial charge >= 0.3 is 0 Å². The van der Waals surface area contributed by atoms with Crippen molar-refractivity contribution < 1.29 is 4.79 Å². The van der Waals surface area contributed by atoms with Crippen LogP contribution in [0.5, 0.6) is 0 Å². The smallest absolute Gasteiger partial charge is 0.239 e. The van der Waals surface area contributed by atoms with Crippen molar-refractivity contribution in [1.29, 1.82) is 0 Å². The molecule has 1 amide bonds. The molecule has 108 valence electrons. The Bertz CT molecular complexity index is 340. The molecule has 2 rings (SSSR count). The van der Waals surface area contributed by atoms with Gasteiger partial charge in [-0.25, -0.2) is 0 Å². The maximum absolute atomic E-state index is 12.6. The van der Waals surface area contributed by atoms with Crippen LogP contribution in [0.4, 0.5) is 0 Å². The zero-order valence-corrected chi connectivity index (χ0v) is 12.6. The van der Waals surface area contributed by atoms with E-state index in [1.165, 1.54) is 12.8 Å². The molecule has 0 bridgehead atoms. The van der Waals surface area contributed by atoms with Crippen molar-refractivity contribution in [3.8, 4) is 0 Å². The maximum atomic E-state index is 12.6. The van der Waals surface area contributed by atoms with Crippen LogP contribution in [-0.4, -0.2) is 52.4 Å². The van der Waals surface area contributed by atoms with Gasteiger partial charge < -0.3 is 10.6 Å². The Balaban J connectivity index is 1.99. The van der Waals surface area contributed by atoms with Crippen molar-refractivity contribution in [2.45, 2.75) is 57.5 Å². The number of carbonyl (C=O) groups excluding carboxylic acids is 1. The lowest BCUT2D eigenvalue weighted by Crippen LogP contribution is -2.51. The molecule has 2 N–H and O–H groups in total. The number of rotatable bonds is 3. The molecule has 2 unspecified atom stereocenters. The summed E-state index contributed by atoms with van der Waals surface area (Å²) in [6.45, 7) is 4.76. The van der Waals surface area contributed by atoms with E-state index in [1.807, 2.05) is 11.8 Å². The summed E-state index contributed by atoms with van der Waals surface area (Å²) in [4.78, 5) is 17.4. The van der Waals surface area contributed by atoms with Crippen LogP contribution in [0.3, 0.4) is 0 Å². The molecule has 0 spiro atoms. The second-order valence-electron chi connectivity index (χ2n) is 5.71. The molecule has 0 aromatic heterocycles. The summed E-state index contributed by atoms with van der Waals surface area (Å²) in [5.74, 6) is 0.255. The van der Waals surface area contributed by atoms with E-state index < -0.39 is 0 Å². The number of likely N-dealkylation sites (tertiary alicyclic amines) is 2. The summed E-state index contributed by atoms with van der Waals surface area (Å²) in [5.41, 5.74) is 5.79. The highest BCUT2D eigenvalue weighted by atomic mass is 32.1. The second-order valence-corrected chi connectivity index (χ2v) is 6.19. The first-order valence-corrected chi connectivity index (χ1v) is 7.86. The van der Waals surface area contributed by atoms with Gasteiger partial charge in [-0.15, -0.1) is 0 Å². The van der Waals surface area contributed by atoms with Gasteiger partial charge in [-0.3, -0.25) is 9.69 Å². The predicted octanol–water partition coefficient (Wildman–Crippen LogP) is 1.53. The molecule has 2 atom stereocenters. The largest absolute Gasteiger partial charge is 0.392 e. The van der Waals surface area contributed by atoms with Gasteiger partial charge in [-0.1, -0.05) is 25.1 Å². The van der Waals surface area contributed by atoms with Gasteiger partial charge in [0, 0.05) is 13.1 Å². The molecular formula is C14H25N3OS. The number of amides is 1. The van der Waals surface area contributed by atoms with E-state index in [1.54, 1.807) is 0 Å². The third-order valence-electron chi connectivity index (χ3n) is 4.40. The number of nitrogens with two attached hydrogens (primary N) is 1. The van der Waals surface area contributed by atoms with Gasteiger partial charge in [-0.2, -0.15) is 0 Å². The van der Waals surface area contributed by atoms with Crippen LogP contribution < -0.4 is 5.73 Å². The highest BCUT2D eigenvalue weighted by molar-refractivity contribution is 7.80. The topological polar surface area (TPSA) is 49.6 Å². The van der Waals surface area contributed by atoms with Crippen molar-refractivity contribution in [3.05, 3.63) is 0 Å². The predicted molar refractivity (Wildman–Crippen MR) is 81.0 cm³/mol. The Morgan fingerprint density at radius 3 is 2.37 bits per heavy atom. The van der Waals surface area contributed by atoms with Crippen molar-refractivity contribution in [3.63, 3.8) is 0 Å². The molecule has 0 aliphatic carbocycles. The quantitative estimate of drug-likeness (QED) is 0.798. The average molecular weight is 283 g/mol. The normalized spacial score (nSPS) is 27.0. The minimum atomic E-state index is -0.0906. The van der Waals surface area contributed by atoms with E-state index in [9.17, 15) is 4.79 Å². The molecule has 4 nitrogen and oxygen atoms in total. The Hall–Kier alpha value is -0.680. The Morgan fingerprint density at radius 2 is 1.79 bits per heavy atom. The highest BCUT2D eigenvalue weighted by Gasteiger charge is 2.35. The van der Waals surface area contributed by atoms with E-state index in [0.717, 1.165) is 45.3 Å². The van der Waals surface area contributed by atoms with Crippen LogP contribution in [0, 0.1) is 0 Å². The molecule has 0 saturated carbocycles. The highest BCUT2D eigenvalue weighted by Crippen LogP contribution is 2.22. The zero-order chi connectivity index (χ0) is 13.8. The standard InChI is InChI=1S/C14H25N3OS/c1-11(17-10-6-7-12(17)13(15)19)14(18)16-8-4-2-3-5-9-16/h11-12H,2-10H2,1H3,(H2,15,19). The molecule has 2 fully saturated rings. The van der Waals surface area contributed by atoms with Crippen LogP contribution in [0.2, 0.25) is 0 Å². The van der Waals surface area contributed by atoms with Crippen LogP contribution in [0.15, 0.2) is 0 Å². The van der Waals surface area contributed by atoms with Crippen LogP contribution in [0.25, 0.3) is 0 Å².